The highest BCUT2D eigenvalue weighted by Crippen LogP contribution is 2.42. The van der Waals surface area contributed by atoms with Gasteiger partial charge in [0.05, 0.1) is 35.8 Å². The molecule has 2 atom stereocenters. The Hall–Kier alpha value is -3.67. The molecule has 12 heteroatoms. The molecule has 1 saturated heterocycles. The van der Waals surface area contributed by atoms with Crippen LogP contribution in [0.2, 0.25) is 5.02 Å². The van der Waals surface area contributed by atoms with Crippen LogP contribution in [0.15, 0.2) is 48.5 Å². The molecule has 1 N–H and O–H groups in total. The third-order valence-corrected chi connectivity index (χ3v) is 8.60. The first-order valence-corrected chi connectivity index (χ1v) is 14.3. The molecule has 0 saturated carbocycles. The van der Waals surface area contributed by atoms with Crippen LogP contribution in [-0.2, 0) is 37.0 Å². The van der Waals surface area contributed by atoms with E-state index in [4.69, 9.17) is 21.1 Å². The first-order valence-electron chi connectivity index (χ1n) is 13.9. The van der Waals surface area contributed by atoms with Crippen molar-refractivity contribution < 1.29 is 36.9 Å². The molecule has 226 valence electrons. The van der Waals surface area contributed by atoms with Crippen molar-refractivity contribution in [1.29, 1.82) is 0 Å². The molecule has 0 amide bonds. The Morgan fingerprint density at radius 2 is 1.98 bits per heavy atom. The summed E-state index contributed by atoms with van der Waals surface area (Å²) in [6.07, 6.45) is -3.62. The van der Waals surface area contributed by atoms with E-state index in [2.05, 4.69) is 9.88 Å². The van der Waals surface area contributed by atoms with Gasteiger partial charge in [0.2, 0.25) is 0 Å². The number of hydrogen-bond donors (Lipinski definition) is 1. The Labute approximate surface area is 249 Å². The molecule has 0 unspecified atom stereocenters. The lowest BCUT2D eigenvalue weighted by Gasteiger charge is -2.36. The van der Waals surface area contributed by atoms with Crippen molar-refractivity contribution in [3.63, 3.8) is 0 Å². The maximum Gasteiger partial charge on any atom is 0.419 e. The number of hydrogen-bond acceptors (Lipinski definition) is 5. The van der Waals surface area contributed by atoms with Gasteiger partial charge in [-0.1, -0.05) is 29.8 Å². The number of rotatable bonds is 8. The molecule has 0 spiro atoms. The van der Waals surface area contributed by atoms with E-state index in [9.17, 15) is 23.1 Å². The van der Waals surface area contributed by atoms with E-state index in [0.717, 1.165) is 12.5 Å². The van der Waals surface area contributed by atoms with Gasteiger partial charge in [-0.15, -0.1) is 0 Å². The van der Waals surface area contributed by atoms with E-state index < -0.39 is 29.1 Å². The number of aromatic carboxylic acids is 1. The maximum atomic E-state index is 15.4. The Kier molecular flexibility index (Phi) is 7.82. The summed E-state index contributed by atoms with van der Waals surface area (Å²) in [6, 6.07) is 11.8. The van der Waals surface area contributed by atoms with Gasteiger partial charge in [-0.05, 0) is 61.2 Å². The molecule has 3 heterocycles. The molecule has 1 fully saturated rings. The average Bonchev–Trinajstić information content (AvgIpc) is 3.28. The second-order valence-electron chi connectivity index (χ2n) is 10.8. The van der Waals surface area contributed by atoms with Gasteiger partial charge in [-0.3, -0.25) is 4.90 Å². The number of nitrogens with zero attached hydrogens (tertiary/aromatic N) is 3. The third-order valence-electron chi connectivity index (χ3n) is 8.23. The number of carboxylic acid groups (broad SMARTS) is 1. The highest BCUT2D eigenvalue weighted by atomic mass is 35.5. The van der Waals surface area contributed by atoms with Crippen LogP contribution in [0.3, 0.4) is 0 Å². The molecule has 2 aliphatic rings. The summed E-state index contributed by atoms with van der Waals surface area (Å²) in [5, 5.41) is 9.87. The van der Waals surface area contributed by atoms with Crippen LogP contribution >= 0.6 is 11.6 Å². The molecular formula is C31H28ClF4N3O4. The number of halogens is 5. The number of alkyl halides is 3. The lowest BCUT2D eigenvalue weighted by Crippen LogP contribution is -2.36. The minimum absolute atomic E-state index is 0.0977. The molecule has 0 aliphatic carbocycles. The minimum atomic E-state index is -4.61. The number of benzene rings is 3. The van der Waals surface area contributed by atoms with Gasteiger partial charge in [0.15, 0.2) is 5.82 Å². The van der Waals surface area contributed by atoms with E-state index in [1.807, 2.05) is 6.92 Å². The van der Waals surface area contributed by atoms with Gasteiger partial charge in [0, 0.05) is 29.8 Å². The number of imidazole rings is 1. The highest BCUT2D eigenvalue weighted by Gasteiger charge is 2.37. The minimum Gasteiger partial charge on any atom is -0.488 e. The van der Waals surface area contributed by atoms with Crippen LogP contribution in [0.5, 0.6) is 5.75 Å². The SMILES string of the molecule is C[C@H]1c2cc(OCc3ccccc3Cl)c(C(F)(F)F)cc2CCN1Cc1nc2ccc(C(=O)O)c(F)c2n1C[C@@H]1CCO1. The number of carbonyl (C=O) groups is 1. The molecule has 2 aliphatic heterocycles. The molecule has 7 nitrogen and oxygen atoms in total. The van der Waals surface area contributed by atoms with Crippen molar-refractivity contribution in [3.8, 4) is 5.75 Å². The van der Waals surface area contributed by atoms with Crippen LogP contribution < -0.4 is 4.74 Å². The van der Waals surface area contributed by atoms with Gasteiger partial charge in [-0.2, -0.15) is 13.2 Å². The molecular weight excluding hydrogens is 590 g/mol. The second-order valence-corrected chi connectivity index (χ2v) is 11.2. The van der Waals surface area contributed by atoms with E-state index in [-0.39, 0.29) is 36.6 Å². The summed E-state index contributed by atoms with van der Waals surface area (Å²) in [5.74, 6) is -2.00. The summed E-state index contributed by atoms with van der Waals surface area (Å²) >= 11 is 6.20. The van der Waals surface area contributed by atoms with Crippen LogP contribution in [0, 0.1) is 5.82 Å². The number of aromatic nitrogens is 2. The summed E-state index contributed by atoms with van der Waals surface area (Å²) in [6.45, 7) is 3.37. The maximum absolute atomic E-state index is 15.4. The standard InChI is InChI=1S/C31H28ClF4N3O4/c1-17-22-13-26(43-16-19-4-2-3-5-24(19)32)23(31(34,35)36)12-18(22)8-10-38(17)15-27-37-25-7-6-21(30(40)41)28(33)29(25)39(27)14-20-9-11-42-20/h2-7,12-13,17,20H,8-11,14-16H2,1H3,(H,40,41)/t17-,20-/m0/s1. The Bertz CT molecular complexity index is 1700. The zero-order valence-corrected chi connectivity index (χ0v) is 23.9. The van der Waals surface area contributed by atoms with Crippen LogP contribution in [-0.4, -0.2) is 44.8 Å². The zero-order valence-electron chi connectivity index (χ0n) is 23.1. The molecule has 0 radical (unpaired) electrons. The van der Waals surface area contributed by atoms with E-state index in [1.165, 1.54) is 18.2 Å². The molecule has 6 rings (SSSR count). The van der Waals surface area contributed by atoms with Crippen LogP contribution in [0.4, 0.5) is 17.6 Å². The van der Waals surface area contributed by atoms with Gasteiger partial charge < -0.3 is 19.1 Å². The number of carboxylic acids is 1. The zero-order chi connectivity index (χ0) is 30.5. The largest absolute Gasteiger partial charge is 0.488 e. The van der Waals surface area contributed by atoms with E-state index >= 15 is 4.39 Å². The Morgan fingerprint density at radius 1 is 1.21 bits per heavy atom. The predicted octanol–water partition coefficient (Wildman–Crippen LogP) is 7.03. The first-order chi connectivity index (χ1) is 20.5. The monoisotopic (exact) mass is 617 g/mol. The highest BCUT2D eigenvalue weighted by molar-refractivity contribution is 6.31. The Morgan fingerprint density at radius 3 is 2.65 bits per heavy atom. The lowest BCUT2D eigenvalue weighted by molar-refractivity contribution is -0.139. The molecule has 3 aromatic carbocycles. The second kappa shape index (κ2) is 11.4. The summed E-state index contributed by atoms with van der Waals surface area (Å²) in [5.41, 5.74) is 0.975. The fraction of sp³-hybridized carbons (Fsp3) is 0.355. The lowest BCUT2D eigenvalue weighted by atomic mass is 9.91. The van der Waals surface area contributed by atoms with Crippen molar-refractivity contribution >= 4 is 28.6 Å². The quantitative estimate of drug-likeness (QED) is 0.214. The summed E-state index contributed by atoms with van der Waals surface area (Å²) in [7, 11) is 0. The van der Waals surface area contributed by atoms with E-state index in [0.29, 0.717) is 59.2 Å². The fourth-order valence-corrected chi connectivity index (χ4v) is 5.94. The molecule has 4 aromatic rings. The summed E-state index contributed by atoms with van der Waals surface area (Å²) in [4.78, 5) is 18.3. The van der Waals surface area contributed by atoms with Crippen molar-refractivity contribution in [2.24, 2.45) is 0 Å². The molecule has 0 bridgehead atoms. The van der Waals surface area contributed by atoms with Gasteiger partial charge in [0.1, 0.15) is 23.7 Å². The van der Waals surface area contributed by atoms with Crippen molar-refractivity contribution in [1.82, 2.24) is 14.5 Å². The van der Waals surface area contributed by atoms with Crippen molar-refractivity contribution in [2.45, 2.75) is 57.8 Å². The van der Waals surface area contributed by atoms with Crippen molar-refractivity contribution in [3.05, 3.63) is 93.0 Å². The molecule has 1 aromatic heterocycles. The average molecular weight is 618 g/mol. The van der Waals surface area contributed by atoms with Gasteiger partial charge >= 0.3 is 12.1 Å². The fourth-order valence-electron chi connectivity index (χ4n) is 5.75. The predicted molar refractivity (Wildman–Crippen MR) is 151 cm³/mol. The van der Waals surface area contributed by atoms with Crippen molar-refractivity contribution in [2.75, 3.05) is 13.2 Å². The van der Waals surface area contributed by atoms with E-state index in [1.54, 1.807) is 28.8 Å². The number of fused-ring (bicyclic) bond motifs is 2. The van der Waals surface area contributed by atoms with Gasteiger partial charge in [-0.25, -0.2) is 14.2 Å². The number of ether oxygens (including phenoxy) is 2. The van der Waals surface area contributed by atoms with Crippen LogP contribution in [0.25, 0.3) is 11.0 Å². The molecule has 43 heavy (non-hydrogen) atoms. The topological polar surface area (TPSA) is 76.8 Å². The normalized spacial score (nSPS) is 18.8. The third kappa shape index (κ3) is 5.69. The summed E-state index contributed by atoms with van der Waals surface area (Å²) < 4.78 is 70.6. The first kappa shape index (κ1) is 29.4. The Balaban J connectivity index is 1.33. The van der Waals surface area contributed by atoms with Gasteiger partial charge in [0.25, 0.3) is 0 Å². The smallest absolute Gasteiger partial charge is 0.419 e. The van der Waals surface area contributed by atoms with Crippen LogP contribution in [0.1, 0.15) is 57.8 Å².